The van der Waals surface area contributed by atoms with Crippen LogP contribution in [-0.2, 0) is 19.6 Å². The van der Waals surface area contributed by atoms with Crippen molar-refractivity contribution < 1.29 is 23.1 Å². The first-order valence-corrected chi connectivity index (χ1v) is 12.0. The van der Waals surface area contributed by atoms with Crippen LogP contribution in [0.2, 0.25) is 0 Å². The highest BCUT2D eigenvalue weighted by molar-refractivity contribution is 7.89. The average molecular weight is 435 g/mol. The number of rotatable bonds is 6. The molecule has 0 aromatic heterocycles. The normalized spacial score (nSPS) is 23.9. The fourth-order valence-corrected chi connectivity index (χ4v) is 5.52. The summed E-state index contributed by atoms with van der Waals surface area (Å²) < 4.78 is 27.4. The highest BCUT2D eigenvalue weighted by Gasteiger charge is 2.38. The number of sulfonamides is 1. The topological polar surface area (TPSA) is 95.0 Å². The Hall–Kier alpha value is -2.19. The van der Waals surface area contributed by atoms with Crippen molar-refractivity contribution in [2.45, 2.75) is 43.9 Å². The maximum Gasteiger partial charge on any atom is 0.307 e. The van der Waals surface area contributed by atoms with Crippen LogP contribution in [0, 0.1) is 11.8 Å². The number of carbonyl (C=O) groups excluding carboxylic acids is 1. The van der Waals surface area contributed by atoms with Crippen molar-refractivity contribution in [3.05, 3.63) is 42.0 Å². The van der Waals surface area contributed by atoms with Gasteiger partial charge >= 0.3 is 5.97 Å². The molecule has 3 rings (SSSR count). The maximum absolute atomic E-state index is 13.0. The van der Waals surface area contributed by atoms with Crippen LogP contribution in [0.25, 0.3) is 0 Å². The second kappa shape index (κ2) is 9.31. The molecule has 2 aliphatic rings. The number of hydrogen-bond donors (Lipinski definition) is 1. The van der Waals surface area contributed by atoms with E-state index in [0.717, 1.165) is 12.0 Å². The zero-order valence-corrected chi connectivity index (χ0v) is 18.3. The lowest BCUT2D eigenvalue weighted by molar-refractivity contribution is -0.151. The SMILES string of the molecule is CC[C@H](C)c1ccc(S(=O)(=O)N2CCN(C(=O)[C@H]3CC=CC[C@@H]3C(=O)O)CC2)cc1. The van der Waals surface area contributed by atoms with E-state index >= 15 is 0 Å². The van der Waals surface area contributed by atoms with Crippen LogP contribution in [0.5, 0.6) is 0 Å². The summed E-state index contributed by atoms with van der Waals surface area (Å²) in [7, 11) is -3.62. The third-order valence-corrected chi connectivity index (χ3v) is 8.23. The van der Waals surface area contributed by atoms with Gasteiger partial charge in [-0.05, 0) is 42.9 Å². The standard InChI is InChI=1S/C22H30N2O5S/c1-3-16(2)17-8-10-18(11-9-17)30(28,29)24-14-12-23(13-15-24)21(25)19-6-4-5-7-20(19)22(26)27/h4-5,8-11,16,19-20H,3,6-7,12-15H2,1-2H3,(H,26,27)/t16-,19-,20-/m0/s1. The summed E-state index contributed by atoms with van der Waals surface area (Å²) >= 11 is 0. The van der Waals surface area contributed by atoms with E-state index in [1.54, 1.807) is 23.1 Å². The van der Waals surface area contributed by atoms with Gasteiger partial charge in [0.15, 0.2) is 0 Å². The van der Waals surface area contributed by atoms with Crippen LogP contribution < -0.4 is 0 Å². The summed E-state index contributed by atoms with van der Waals surface area (Å²) in [6.45, 7) is 5.17. The van der Waals surface area contributed by atoms with Crippen molar-refractivity contribution in [1.82, 2.24) is 9.21 Å². The smallest absolute Gasteiger partial charge is 0.307 e. The van der Waals surface area contributed by atoms with E-state index in [1.807, 2.05) is 18.2 Å². The first kappa shape index (κ1) is 22.5. The third-order valence-electron chi connectivity index (χ3n) is 6.32. The lowest BCUT2D eigenvalue weighted by Gasteiger charge is -2.37. The summed E-state index contributed by atoms with van der Waals surface area (Å²) in [6, 6.07) is 7.03. The Morgan fingerprint density at radius 3 is 2.13 bits per heavy atom. The molecule has 1 amide bonds. The second-order valence-electron chi connectivity index (χ2n) is 8.10. The number of piperazine rings is 1. The lowest BCUT2D eigenvalue weighted by Crippen LogP contribution is -2.53. The minimum absolute atomic E-state index is 0.193. The van der Waals surface area contributed by atoms with Gasteiger partial charge in [-0.3, -0.25) is 9.59 Å². The molecule has 1 fully saturated rings. The molecular formula is C22H30N2O5S. The van der Waals surface area contributed by atoms with Gasteiger partial charge in [0.1, 0.15) is 0 Å². The van der Waals surface area contributed by atoms with E-state index < -0.39 is 27.8 Å². The van der Waals surface area contributed by atoms with E-state index in [9.17, 15) is 23.1 Å². The summed E-state index contributed by atoms with van der Waals surface area (Å²) in [5.41, 5.74) is 1.11. The third kappa shape index (κ3) is 4.59. The van der Waals surface area contributed by atoms with Gasteiger partial charge in [-0.25, -0.2) is 8.42 Å². The fraction of sp³-hybridized carbons (Fsp3) is 0.545. The van der Waals surface area contributed by atoms with E-state index in [1.165, 1.54) is 4.31 Å². The highest BCUT2D eigenvalue weighted by Crippen LogP contribution is 2.29. The monoisotopic (exact) mass is 434 g/mol. The predicted octanol–water partition coefficient (Wildman–Crippen LogP) is 2.70. The Kier molecular flexibility index (Phi) is 6.98. The Morgan fingerprint density at radius 1 is 1.03 bits per heavy atom. The average Bonchev–Trinajstić information content (AvgIpc) is 2.78. The first-order chi connectivity index (χ1) is 14.3. The molecule has 1 heterocycles. The quantitative estimate of drug-likeness (QED) is 0.695. The number of benzene rings is 1. The summed E-state index contributed by atoms with van der Waals surface area (Å²) in [5.74, 6) is -2.07. The molecule has 164 valence electrons. The molecule has 7 nitrogen and oxygen atoms in total. The van der Waals surface area contributed by atoms with Gasteiger partial charge < -0.3 is 10.0 Å². The van der Waals surface area contributed by atoms with Crippen molar-refractivity contribution in [2.24, 2.45) is 11.8 Å². The zero-order valence-electron chi connectivity index (χ0n) is 17.5. The minimum Gasteiger partial charge on any atom is -0.481 e. The number of hydrogen-bond acceptors (Lipinski definition) is 4. The molecule has 8 heteroatoms. The molecule has 1 aromatic rings. The molecule has 1 aromatic carbocycles. The molecular weight excluding hydrogens is 404 g/mol. The lowest BCUT2D eigenvalue weighted by atomic mass is 9.82. The van der Waals surface area contributed by atoms with E-state index in [2.05, 4.69) is 13.8 Å². The van der Waals surface area contributed by atoms with Crippen molar-refractivity contribution in [1.29, 1.82) is 0 Å². The van der Waals surface area contributed by atoms with Gasteiger partial charge in [0.2, 0.25) is 15.9 Å². The Bertz CT molecular complexity index is 902. The number of aliphatic carboxylic acids is 1. The van der Waals surface area contributed by atoms with Gasteiger partial charge in [0.05, 0.1) is 16.7 Å². The summed E-state index contributed by atoms with van der Waals surface area (Å²) in [6.07, 6.45) is 5.41. The van der Waals surface area contributed by atoms with Crippen molar-refractivity contribution >= 4 is 21.9 Å². The molecule has 1 aliphatic heterocycles. The van der Waals surface area contributed by atoms with E-state index in [4.69, 9.17) is 0 Å². The van der Waals surface area contributed by atoms with Gasteiger partial charge in [-0.1, -0.05) is 38.1 Å². The molecule has 0 bridgehead atoms. The number of carbonyl (C=O) groups is 2. The Labute approximate surface area is 178 Å². The molecule has 0 radical (unpaired) electrons. The molecule has 1 aliphatic carbocycles. The van der Waals surface area contributed by atoms with Crippen molar-refractivity contribution in [2.75, 3.05) is 26.2 Å². The Morgan fingerprint density at radius 2 is 1.60 bits per heavy atom. The molecule has 3 atom stereocenters. The van der Waals surface area contributed by atoms with E-state index in [0.29, 0.717) is 18.8 Å². The molecule has 1 saturated heterocycles. The maximum atomic E-state index is 13.0. The Balaban J connectivity index is 1.65. The van der Waals surface area contributed by atoms with Crippen LogP contribution in [0.15, 0.2) is 41.3 Å². The van der Waals surface area contributed by atoms with E-state index in [-0.39, 0.29) is 37.0 Å². The number of nitrogens with zero attached hydrogens (tertiary/aromatic N) is 2. The van der Waals surface area contributed by atoms with Crippen LogP contribution >= 0.6 is 0 Å². The molecule has 0 unspecified atom stereocenters. The fourth-order valence-electron chi connectivity index (χ4n) is 4.10. The van der Waals surface area contributed by atoms with Crippen LogP contribution in [0.4, 0.5) is 0 Å². The number of carboxylic acids is 1. The molecule has 0 spiro atoms. The molecule has 1 N–H and O–H groups in total. The highest BCUT2D eigenvalue weighted by atomic mass is 32.2. The second-order valence-corrected chi connectivity index (χ2v) is 10.0. The molecule has 30 heavy (non-hydrogen) atoms. The zero-order chi connectivity index (χ0) is 21.9. The van der Waals surface area contributed by atoms with Gasteiger partial charge in [-0.15, -0.1) is 0 Å². The summed E-state index contributed by atoms with van der Waals surface area (Å²) in [4.78, 5) is 26.2. The van der Waals surface area contributed by atoms with Crippen molar-refractivity contribution in [3.63, 3.8) is 0 Å². The molecule has 0 saturated carbocycles. The largest absolute Gasteiger partial charge is 0.481 e. The predicted molar refractivity (Wildman–Crippen MR) is 113 cm³/mol. The van der Waals surface area contributed by atoms with Gasteiger partial charge in [0, 0.05) is 26.2 Å². The van der Waals surface area contributed by atoms with Gasteiger partial charge in [0.25, 0.3) is 0 Å². The van der Waals surface area contributed by atoms with Crippen LogP contribution in [0.3, 0.4) is 0 Å². The first-order valence-electron chi connectivity index (χ1n) is 10.5. The number of carboxylic acid groups (broad SMARTS) is 1. The van der Waals surface area contributed by atoms with Crippen molar-refractivity contribution in [3.8, 4) is 0 Å². The summed E-state index contributed by atoms with van der Waals surface area (Å²) in [5, 5.41) is 9.41. The number of amides is 1. The van der Waals surface area contributed by atoms with Crippen LogP contribution in [0.1, 0.15) is 44.6 Å². The number of allylic oxidation sites excluding steroid dienone is 2. The minimum atomic E-state index is -3.62. The van der Waals surface area contributed by atoms with Crippen LogP contribution in [-0.4, -0.2) is 60.8 Å². The van der Waals surface area contributed by atoms with Gasteiger partial charge in [-0.2, -0.15) is 4.31 Å².